The Morgan fingerprint density at radius 1 is 1.24 bits per heavy atom. The van der Waals surface area contributed by atoms with Crippen LogP contribution >= 0.6 is 0 Å². The fourth-order valence-corrected chi connectivity index (χ4v) is 3.00. The highest BCUT2D eigenvalue weighted by atomic mass is 19.4. The van der Waals surface area contributed by atoms with Gasteiger partial charge >= 0.3 is 18.1 Å². The first kappa shape index (κ1) is 18.7. The molecule has 2 unspecified atom stereocenters. The lowest BCUT2D eigenvalue weighted by Gasteiger charge is -2.30. The zero-order valence-electron chi connectivity index (χ0n) is 13.7. The Bertz CT molecular complexity index is 780. The molecule has 5 nitrogen and oxygen atoms in total. The number of ether oxygens (including phenoxy) is 1. The molecule has 8 heteroatoms. The highest BCUT2D eigenvalue weighted by Crippen LogP contribution is 2.41. The number of nitrogens with zero attached hydrogens (tertiary/aromatic N) is 1. The molecule has 1 aromatic rings. The highest BCUT2D eigenvalue weighted by molar-refractivity contribution is 6.06. The maximum atomic E-state index is 13.0. The third-order valence-electron chi connectivity index (χ3n) is 4.07. The van der Waals surface area contributed by atoms with Crippen molar-refractivity contribution in [3.63, 3.8) is 0 Å². The number of halogens is 3. The number of rotatable bonds is 3. The summed E-state index contributed by atoms with van der Waals surface area (Å²) >= 11 is 0. The number of methoxy groups -OCH3 is 1. The number of aliphatic imine (C=N–C) groups is 1. The maximum absolute atomic E-state index is 13.0. The van der Waals surface area contributed by atoms with Gasteiger partial charge in [0.15, 0.2) is 0 Å². The first-order chi connectivity index (χ1) is 11.6. The molecule has 25 heavy (non-hydrogen) atoms. The lowest BCUT2D eigenvalue weighted by Crippen LogP contribution is -2.35. The minimum absolute atomic E-state index is 0.0557. The Balaban J connectivity index is 2.70. The summed E-state index contributed by atoms with van der Waals surface area (Å²) in [5.74, 6) is -4.48. The molecule has 1 N–H and O–H groups in total. The van der Waals surface area contributed by atoms with E-state index in [-0.39, 0.29) is 22.5 Å². The van der Waals surface area contributed by atoms with Gasteiger partial charge in [-0.05, 0) is 25.5 Å². The first-order valence-electron chi connectivity index (χ1n) is 7.32. The van der Waals surface area contributed by atoms with Crippen LogP contribution in [0.15, 0.2) is 40.5 Å². The van der Waals surface area contributed by atoms with Crippen molar-refractivity contribution in [2.24, 2.45) is 10.9 Å². The predicted octanol–water partition coefficient (Wildman–Crippen LogP) is 3.41. The molecule has 0 saturated heterocycles. The van der Waals surface area contributed by atoms with Crippen LogP contribution in [0.1, 0.15) is 30.9 Å². The maximum Gasteiger partial charge on any atom is 0.416 e. The largest absolute Gasteiger partial charge is 0.481 e. The smallest absolute Gasteiger partial charge is 0.416 e. The number of aliphatic carboxylic acids is 1. The first-order valence-corrected chi connectivity index (χ1v) is 7.32. The topological polar surface area (TPSA) is 76.0 Å². The molecule has 0 fully saturated rings. The molecular weight excluding hydrogens is 339 g/mol. The van der Waals surface area contributed by atoms with Crippen molar-refractivity contribution < 1.29 is 32.6 Å². The van der Waals surface area contributed by atoms with Gasteiger partial charge in [-0.2, -0.15) is 13.2 Å². The van der Waals surface area contributed by atoms with Crippen LogP contribution in [0.2, 0.25) is 0 Å². The monoisotopic (exact) mass is 355 g/mol. The van der Waals surface area contributed by atoms with E-state index in [2.05, 4.69) is 4.99 Å². The van der Waals surface area contributed by atoms with Crippen molar-refractivity contribution in [2.75, 3.05) is 7.11 Å². The summed E-state index contributed by atoms with van der Waals surface area (Å²) in [5, 5.41) is 9.55. The number of carboxylic acids is 1. The molecule has 134 valence electrons. The molecule has 1 aliphatic rings. The molecule has 1 aromatic carbocycles. The van der Waals surface area contributed by atoms with Gasteiger partial charge < -0.3 is 9.84 Å². The molecule has 1 aliphatic heterocycles. The van der Waals surface area contributed by atoms with E-state index < -0.39 is 35.5 Å². The Kier molecular flexibility index (Phi) is 5.01. The standard InChI is InChI=1S/C17H16F3NO4/c1-8-12(15(22)23)14(13(9(2)21-8)16(24)25-3)10-5-4-6-11(7-10)17(18,19)20/h4-7,12,14H,1-3H3,(H,22,23). The molecule has 0 aliphatic carbocycles. The number of alkyl halides is 3. The molecule has 2 rings (SSSR count). The number of carbonyl (C=O) groups excluding carboxylic acids is 1. The average molecular weight is 355 g/mol. The highest BCUT2D eigenvalue weighted by Gasteiger charge is 2.42. The van der Waals surface area contributed by atoms with Crippen LogP contribution in [0.25, 0.3) is 0 Å². The Labute approximate surface area is 141 Å². The van der Waals surface area contributed by atoms with Gasteiger partial charge in [0.2, 0.25) is 0 Å². The summed E-state index contributed by atoms with van der Waals surface area (Å²) in [6.45, 7) is 2.96. The average Bonchev–Trinajstić information content (AvgIpc) is 2.52. The van der Waals surface area contributed by atoms with Crippen LogP contribution in [-0.4, -0.2) is 29.9 Å². The van der Waals surface area contributed by atoms with Crippen LogP contribution in [0.5, 0.6) is 0 Å². The van der Waals surface area contributed by atoms with Crippen molar-refractivity contribution in [3.8, 4) is 0 Å². The lowest BCUT2D eigenvalue weighted by atomic mass is 9.75. The number of carbonyl (C=O) groups is 2. The van der Waals surface area contributed by atoms with Crippen LogP contribution in [0, 0.1) is 5.92 Å². The second-order valence-electron chi connectivity index (χ2n) is 5.66. The Morgan fingerprint density at radius 3 is 2.40 bits per heavy atom. The molecule has 0 radical (unpaired) electrons. The van der Waals surface area contributed by atoms with Gasteiger partial charge in [-0.25, -0.2) is 4.79 Å². The molecule has 1 heterocycles. The van der Waals surface area contributed by atoms with E-state index in [9.17, 15) is 27.9 Å². The number of esters is 1. The minimum Gasteiger partial charge on any atom is -0.481 e. The molecule has 0 spiro atoms. The van der Waals surface area contributed by atoms with E-state index in [1.807, 2.05) is 0 Å². The van der Waals surface area contributed by atoms with E-state index in [1.165, 1.54) is 26.0 Å². The van der Waals surface area contributed by atoms with Crippen molar-refractivity contribution >= 4 is 17.7 Å². The molecule has 0 aromatic heterocycles. The van der Waals surface area contributed by atoms with Crippen LogP contribution in [0.3, 0.4) is 0 Å². The zero-order chi connectivity index (χ0) is 18.9. The van der Waals surface area contributed by atoms with E-state index in [1.54, 1.807) is 0 Å². The van der Waals surface area contributed by atoms with Gasteiger partial charge in [0.1, 0.15) is 5.92 Å². The molecule has 0 saturated carbocycles. The number of hydrogen-bond acceptors (Lipinski definition) is 4. The SMILES string of the molecule is COC(=O)C1=C(C)N=C(C)C(C(=O)O)C1c1cccc(C(F)(F)F)c1. The van der Waals surface area contributed by atoms with E-state index in [4.69, 9.17) is 4.74 Å². The normalized spacial score (nSPS) is 21.0. The zero-order valence-corrected chi connectivity index (χ0v) is 13.7. The summed E-state index contributed by atoms with van der Waals surface area (Å²) in [5.41, 5.74) is -0.475. The predicted molar refractivity (Wildman–Crippen MR) is 83.1 cm³/mol. The number of allylic oxidation sites excluding steroid dienone is 1. The van der Waals surface area contributed by atoms with Crippen LogP contribution in [0.4, 0.5) is 13.2 Å². The second-order valence-corrected chi connectivity index (χ2v) is 5.66. The van der Waals surface area contributed by atoms with Gasteiger partial charge in [0, 0.05) is 17.3 Å². The minimum atomic E-state index is -4.59. The lowest BCUT2D eigenvalue weighted by molar-refractivity contribution is -0.140. The Morgan fingerprint density at radius 2 is 1.88 bits per heavy atom. The molecular formula is C17H16F3NO4. The number of carboxylic acid groups (broad SMARTS) is 1. The third-order valence-corrected chi connectivity index (χ3v) is 4.07. The summed E-state index contributed by atoms with van der Waals surface area (Å²) in [6, 6.07) is 4.29. The van der Waals surface area contributed by atoms with Gasteiger partial charge in [-0.15, -0.1) is 0 Å². The van der Waals surface area contributed by atoms with Crippen molar-refractivity contribution in [1.82, 2.24) is 0 Å². The van der Waals surface area contributed by atoms with Crippen LogP contribution in [-0.2, 0) is 20.5 Å². The number of benzene rings is 1. The van der Waals surface area contributed by atoms with Gasteiger partial charge in [0.05, 0.1) is 18.2 Å². The summed E-state index contributed by atoms with van der Waals surface area (Å²) in [6.07, 6.45) is -4.59. The summed E-state index contributed by atoms with van der Waals surface area (Å²) < 4.78 is 43.8. The van der Waals surface area contributed by atoms with Crippen molar-refractivity contribution in [2.45, 2.75) is 25.9 Å². The third kappa shape index (κ3) is 3.57. The molecule has 2 atom stereocenters. The Hall–Kier alpha value is -2.64. The van der Waals surface area contributed by atoms with E-state index in [0.29, 0.717) is 0 Å². The van der Waals surface area contributed by atoms with Gasteiger partial charge in [0.25, 0.3) is 0 Å². The number of hydrogen-bond donors (Lipinski definition) is 1. The summed E-state index contributed by atoms with van der Waals surface area (Å²) in [4.78, 5) is 27.9. The van der Waals surface area contributed by atoms with E-state index in [0.717, 1.165) is 19.2 Å². The summed E-state index contributed by atoms with van der Waals surface area (Å²) in [7, 11) is 1.12. The van der Waals surface area contributed by atoms with Gasteiger partial charge in [-0.3, -0.25) is 9.79 Å². The van der Waals surface area contributed by atoms with Crippen molar-refractivity contribution in [1.29, 1.82) is 0 Å². The second kappa shape index (κ2) is 6.70. The fourth-order valence-electron chi connectivity index (χ4n) is 3.00. The van der Waals surface area contributed by atoms with Crippen molar-refractivity contribution in [3.05, 3.63) is 46.7 Å². The molecule has 0 amide bonds. The van der Waals surface area contributed by atoms with E-state index >= 15 is 0 Å². The van der Waals surface area contributed by atoms with Gasteiger partial charge in [-0.1, -0.05) is 18.2 Å². The fraction of sp³-hybridized carbons (Fsp3) is 0.353. The quantitative estimate of drug-likeness (QED) is 0.843. The van der Waals surface area contributed by atoms with Crippen LogP contribution < -0.4 is 0 Å². The molecule has 0 bridgehead atoms.